The summed E-state index contributed by atoms with van der Waals surface area (Å²) in [5.74, 6) is 3.17. The fourth-order valence-electron chi connectivity index (χ4n) is 4.00. The molecule has 20 heavy (non-hydrogen) atoms. The molecule has 5 heteroatoms. The summed E-state index contributed by atoms with van der Waals surface area (Å²) in [7, 11) is 0. The lowest BCUT2D eigenvalue weighted by atomic mass is 9.89. The molecule has 1 aromatic heterocycles. The van der Waals surface area contributed by atoms with Gasteiger partial charge in [-0.05, 0) is 32.1 Å². The van der Waals surface area contributed by atoms with E-state index in [9.17, 15) is 0 Å². The number of thioether (sulfide) groups is 1. The van der Waals surface area contributed by atoms with Crippen LogP contribution in [0.25, 0.3) is 0 Å². The molecule has 110 valence electrons. The molecule has 2 aliphatic heterocycles. The molecule has 3 unspecified atom stereocenters. The van der Waals surface area contributed by atoms with Gasteiger partial charge < -0.3 is 9.84 Å². The Hall–Kier alpha value is -0.550. The number of aromatic nitrogens is 2. The third kappa shape index (κ3) is 2.62. The van der Waals surface area contributed by atoms with Crippen LogP contribution in [0.1, 0.15) is 69.0 Å². The van der Waals surface area contributed by atoms with Crippen LogP contribution < -0.4 is 5.32 Å². The Balaban J connectivity index is 1.33. The van der Waals surface area contributed by atoms with Gasteiger partial charge in [-0.1, -0.05) is 24.4 Å². The second-order valence-electron chi connectivity index (χ2n) is 6.51. The fraction of sp³-hybridized carbons (Fsp3) is 0.867. The molecule has 2 saturated heterocycles. The molecule has 1 saturated carbocycles. The lowest BCUT2D eigenvalue weighted by molar-refractivity contribution is 0.327. The molecule has 3 aliphatic rings. The molecule has 0 amide bonds. The lowest BCUT2D eigenvalue weighted by Crippen LogP contribution is -2.21. The zero-order chi connectivity index (χ0) is 13.4. The van der Waals surface area contributed by atoms with Crippen LogP contribution in [0, 0.1) is 0 Å². The second kappa shape index (κ2) is 5.68. The van der Waals surface area contributed by atoms with Gasteiger partial charge in [0.05, 0.1) is 11.7 Å². The number of hydrogen-bond donors (Lipinski definition) is 1. The molecule has 3 heterocycles. The SMILES string of the molecule is C1CCC(SCc2noc(C3CC4CCC3N4)n2)CC1. The van der Waals surface area contributed by atoms with Crippen LogP contribution in [0.15, 0.2) is 4.52 Å². The van der Waals surface area contributed by atoms with Crippen molar-refractivity contribution in [2.75, 3.05) is 0 Å². The Morgan fingerprint density at radius 1 is 1.15 bits per heavy atom. The van der Waals surface area contributed by atoms with E-state index in [4.69, 9.17) is 4.52 Å². The standard InChI is InChI=1S/C15H23N3OS/c1-2-4-11(5-3-1)20-9-14-17-15(19-18-14)12-8-10-6-7-13(12)16-10/h10-13,16H,1-9H2. The molecule has 2 bridgehead atoms. The van der Waals surface area contributed by atoms with E-state index in [-0.39, 0.29) is 0 Å². The highest BCUT2D eigenvalue weighted by atomic mass is 32.2. The first-order valence-electron chi connectivity index (χ1n) is 8.08. The summed E-state index contributed by atoms with van der Waals surface area (Å²) in [5, 5.41) is 8.65. The Labute approximate surface area is 124 Å². The van der Waals surface area contributed by atoms with Crippen molar-refractivity contribution in [3.05, 3.63) is 11.7 Å². The molecule has 4 rings (SSSR count). The summed E-state index contributed by atoms with van der Waals surface area (Å²) in [4.78, 5) is 4.66. The van der Waals surface area contributed by atoms with Gasteiger partial charge in [-0.15, -0.1) is 0 Å². The van der Waals surface area contributed by atoms with Crippen LogP contribution in [-0.2, 0) is 5.75 Å². The van der Waals surface area contributed by atoms with Gasteiger partial charge in [0, 0.05) is 17.3 Å². The van der Waals surface area contributed by atoms with Crippen LogP contribution in [0.5, 0.6) is 0 Å². The normalized spacial score (nSPS) is 33.9. The Bertz CT molecular complexity index is 458. The quantitative estimate of drug-likeness (QED) is 0.923. The summed E-state index contributed by atoms with van der Waals surface area (Å²) < 4.78 is 5.53. The Morgan fingerprint density at radius 2 is 2.05 bits per heavy atom. The summed E-state index contributed by atoms with van der Waals surface area (Å²) in [6.07, 6.45) is 10.7. The molecule has 3 atom stereocenters. The van der Waals surface area contributed by atoms with Crippen molar-refractivity contribution in [2.24, 2.45) is 0 Å². The van der Waals surface area contributed by atoms with Gasteiger partial charge in [0.2, 0.25) is 5.89 Å². The molecule has 1 aliphatic carbocycles. The van der Waals surface area contributed by atoms with Gasteiger partial charge in [0.25, 0.3) is 0 Å². The van der Waals surface area contributed by atoms with E-state index in [1.165, 1.54) is 51.4 Å². The summed E-state index contributed by atoms with van der Waals surface area (Å²) >= 11 is 2.02. The summed E-state index contributed by atoms with van der Waals surface area (Å²) in [6.45, 7) is 0. The Morgan fingerprint density at radius 3 is 2.80 bits per heavy atom. The van der Waals surface area contributed by atoms with E-state index >= 15 is 0 Å². The number of rotatable bonds is 4. The smallest absolute Gasteiger partial charge is 0.231 e. The van der Waals surface area contributed by atoms with Crippen LogP contribution in [0.2, 0.25) is 0 Å². The maximum Gasteiger partial charge on any atom is 0.231 e. The highest BCUT2D eigenvalue weighted by molar-refractivity contribution is 7.99. The van der Waals surface area contributed by atoms with E-state index in [1.54, 1.807) is 0 Å². The van der Waals surface area contributed by atoms with Gasteiger partial charge in [-0.2, -0.15) is 16.7 Å². The summed E-state index contributed by atoms with van der Waals surface area (Å²) in [6, 6.07) is 1.27. The number of fused-ring (bicyclic) bond motifs is 2. The molecule has 0 radical (unpaired) electrons. The molecule has 0 spiro atoms. The molecular formula is C15H23N3OS. The number of nitrogens with zero attached hydrogens (tertiary/aromatic N) is 2. The molecular weight excluding hydrogens is 270 g/mol. The average Bonchev–Trinajstić information content (AvgIpc) is 3.22. The maximum absolute atomic E-state index is 5.53. The maximum atomic E-state index is 5.53. The predicted molar refractivity (Wildman–Crippen MR) is 79.8 cm³/mol. The van der Waals surface area contributed by atoms with E-state index in [2.05, 4.69) is 15.5 Å². The van der Waals surface area contributed by atoms with Crippen molar-refractivity contribution >= 4 is 11.8 Å². The summed E-state index contributed by atoms with van der Waals surface area (Å²) in [5.41, 5.74) is 0. The average molecular weight is 293 g/mol. The van der Waals surface area contributed by atoms with E-state index in [1.807, 2.05) is 11.8 Å². The number of nitrogens with one attached hydrogen (secondary N) is 1. The van der Waals surface area contributed by atoms with Crippen molar-refractivity contribution in [1.82, 2.24) is 15.5 Å². The van der Waals surface area contributed by atoms with Crippen LogP contribution in [0.4, 0.5) is 0 Å². The van der Waals surface area contributed by atoms with Crippen molar-refractivity contribution in [3.8, 4) is 0 Å². The van der Waals surface area contributed by atoms with Crippen LogP contribution >= 0.6 is 11.8 Å². The Kier molecular flexibility index (Phi) is 3.73. The first-order chi connectivity index (χ1) is 9.88. The minimum Gasteiger partial charge on any atom is -0.339 e. The van der Waals surface area contributed by atoms with Gasteiger partial charge in [-0.25, -0.2) is 0 Å². The number of hydrogen-bond acceptors (Lipinski definition) is 5. The largest absolute Gasteiger partial charge is 0.339 e. The first kappa shape index (κ1) is 13.1. The van der Waals surface area contributed by atoms with Gasteiger partial charge in [0.15, 0.2) is 5.82 Å². The monoisotopic (exact) mass is 293 g/mol. The fourth-order valence-corrected chi connectivity index (χ4v) is 5.17. The van der Waals surface area contributed by atoms with E-state index < -0.39 is 0 Å². The third-order valence-electron chi connectivity index (χ3n) is 5.10. The van der Waals surface area contributed by atoms with Crippen molar-refractivity contribution in [3.63, 3.8) is 0 Å². The van der Waals surface area contributed by atoms with Crippen LogP contribution in [0.3, 0.4) is 0 Å². The van der Waals surface area contributed by atoms with Gasteiger partial charge in [0.1, 0.15) is 0 Å². The molecule has 1 aromatic rings. The minimum absolute atomic E-state index is 0.467. The minimum atomic E-state index is 0.467. The lowest BCUT2D eigenvalue weighted by Gasteiger charge is -2.20. The van der Waals surface area contributed by atoms with E-state index in [0.29, 0.717) is 18.0 Å². The highest BCUT2D eigenvalue weighted by Gasteiger charge is 2.42. The van der Waals surface area contributed by atoms with Crippen molar-refractivity contribution in [1.29, 1.82) is 0 Å². The molecule has 3 fully saturated rings. The topological polar surface area (TPSA) is 51.0 Å². The second-order valence-corrected chi connectivity index (χ2v) is 7.80. The van der Waals surface area contributed by atoms with Crippen molar-refractivity contribution in [2.45, 2.75) is 80.4 Å². The molecule has 1 N–H and O–H groups in total. The van der Waals surface area contributed by atoms with E-state index in [0.717, 1.165) is 22.7 Å². The zero-order valence-corrected chi connectivity index (χ0v) is 12.7. The third-order valence-corrected chi connectivity index (χ3v) is 6.47. The first-order valence-corrected chi connectivity index (χ1v) is 9.13. The molecule has 0 aromatic carbocycles. The predicted octanol–water partition coefficient (Wildman–Crippen LogP) is 3.24. The van der Waals surface area contributed by atoms with Crippen LogP contribution in [-0.4, -0.2) is 27.5 Å². The van der Waals surface area contributed by atoms with Gasteiger partial charge in [-0.3, -0.25) is 0 Å². The molecule has 4 nitrogen and oxygen atoms in total. The van der Waals surface area contributed by atoms with Crippen molar-refractivity contribution < 1.29 is 4.52 Å². The zero-order valence-electron chi connectivity index (χ0n) is 11.9. The van der Waals surface area contributed by atoms with Gasteiger partial charge >= 0.3 is 0 Å². The highest BCUT2D eigenvalue weighted by Crippen LogP contribution is 2.39.